The van der Waals surface area contributed by atoms with Crippen molar-refractivity contribution in [2.75, 3.05) is 12.0 Å². The first-order valence-electron chi connectivity index (χ1n) is 12.0. The molecule has 1 aliphatic rings. The maximum absolute atomic E-state index is 13.9. The molecule has 38 heavy (non-hydrogen) atoms. The molecule has 0 radical (unpaired) electrons. The number of ether oxygens (including phenoxy) is 2. The Hall–Kier alpha value is -5.03. The van der Waals surface area contributed by atoms with Crippen molar-refractivity contribution < 1.29 is 28.6 Å². The number of carbonyl (C=O) groups is 2. The van der Waals surface area contributed by atoms with Crippen LogP contribution in [0.4, 0.5) is 5.69 Å². The lowest BCUT2D eigenvalue weighted by Crippen LogP contribution is -2.31. The van der Waals surface area contributed by atoms with E-state index in [0.717, 1.165) is 0 Å². The van der Waals surface area contributed by atoms with Gasteiger partial charge in [-0.1, -0.05) is 24.3 Å². The van der Waals surface area contributed by atoms with Crippen molar-refractivity contribution in [3.05, 3.63) is 101 Å². The number of aliphatic hydroxyl groups is 1. The minimum Gasteiger partial charge on any atom is -0.503 e. The SMILES string of the molecule is COc1cccc2cc(C(=O)C3=C(O)C(=O)N(c4ccc(C#N)cc4)C3c3cccc(OC(C)C)c3)oc12. The van der Waals surface area contributed by atoms with Gasteiger partial charge in [-0.25, -0.2) is 0 Å². The first kappa shape index (κ1) is 24.7. The molecule has 2 heterocycles. The highest BCUT2D eigenvalue weighted by molar-refractivity contribution is 6.20. The van der Waals surface area contributed by atoms with E-state index in [2.05, 4.69) is 0 Å². The molecule has 8 heteroatoms. The molecule has 1 aromatic heterocycles. The van der Waals surface area contributed by atoms with Crippen LogP contribution in [-0.2, 0) is 4.79 Å². The number of anilines is 1. The Bertz CT molecular complexity index is 1620. The van der Waals surface area contributed by atoms with Crippen LogP contribution in [0, 0.1) is 11.3 Å². The van der Waals surface area contributed by atoms with Crippen LogP contribution in [0.3, 0.4) is 0 Å². The highest BCUT2D eigenvalue weighted by atomic mass is 16.5. The van der Waals surface area contributed by atoms with Crippen molar-refractivity contribution in [3.8, 4) is 17.6 Å². The van der Waals surface area contributed by atoms with E-state index in [-0.39, 0.29) is 17.4 Å². The fourth-order valence-corrected chi connectivity index (χ4v) is 4.59. The summed E-state index contributed by atoms with van der Waals surface area (Å²) in [6.45, 7) is 3.79. The third-order valence-corrected chi connectivity index (χ3v) is 6.22. The normalized spacial score (nSPS) is 15.3. The number of Topliss-reactive ketones (excluding diaryl/α,β-unsaturated/α-hetero) is 1. The molecule has 0 bridgehead atoms. The second-order valence-electron chi connectivity index (χ2n) is 9.06. The molecule has 8 nitrogen and oxygen atoms in total. The van der Waals surface area contributed by atoms with Crippen molar-refractivity contribution in [2.24, 2.45) is 0 Å². The molecule has 1 atom stereocenters. The largest absolute Gasteiger partial charge is 0.503 e. The number of hydrogen-bond acceptors (Lipinski definition) is 7. The zero-order valence-electron chi connectivity index (χ0n) is 21.0. The van der Waals surface area contributed by atoms with Gasteiger partial charge in [-0.05, 0) is 67.9 Å². The molecule has 190 valence electrons. The van der Waals surface area contributed by atoms with Crippen LogP contribution >= 0.6 is 0 Å². The molecule has 0 saturated heterocycles. The number of rotatable bonds is 7. The summed E-state index contributed by atoms with van der Waals surface area (Å²) < 4.78 is 17.1. The Kier molecular flexibility index (Phi) is 6.35. The topological polar surface area (TPSA) is 113 Å². The lowest BCUT2D eigenvalue weighted by molar-refractivity contribution is -0.117. The first-order valence-corrected chi connectivity index (χ1v) is 12.0. The third-order valence-electron chi connectivity index (χ3n) is 6.22. The number of hydrogen-bond donors (Lipinski definition) is 1. The van der Waals surface area contributed by atoms with Crippen LogP contribution in [0.5, 0.6) is 11.5 Å². The second-order valence-corrected chi connectivity index (χ2v) is 9.06. The number of furan rings is 1. The Morgan fingerprint density at radius 2 is 1.82 bits per heavy atom. The van der Waals surface area contributed by atoms with Crippen LogP contribution < -0.4 is 14.4 Å². The molecule has 0 aliphatic carbocycles. The molecule has 4 aromatic rings. The van der Waals surface area contributed by atoms with Gasteiger partial charge in [-0.3, -0.25) is 14.5 Å². The molecule has 5 rings (SSSR count). The molecule has 1 amide bonds. The smallest absolute Gasteiger partial charge is 0.294 e. The van der Waals surface area contributed by atoms with Gasteiger partial charge in [0.15, 0.2) is 22.9 Å². The number of ketones is 1. The van der Waals surface area contributed by atoms with Crippen molar-refractivity contribution >= 4 is 28.3 Å². The van der Waals surface area contributed by atoms with Crippen LogP contribution in [0.25, 0.3) is 11.0 Å². The number of benzene rings is 3. The number of para-hydroxylation sites is 1. The number of amides is 1. The fraction of sp³-hybridized carbons (Fsp3) is 0.167. The highest BCUT2D eigenvalue weighted by Crippen LogP contribution is 2.43. The zero-order chi connectivity index (χ0) is 27.0. The second kappa shape index (κ2) is 9.79. The summed E-state index contributed by atoms with van der Waals surface area (Å²) >= 11 is 0. The van der Waals surface area contributed by atoms with E-state index in [0.29, 0.717) is 39.3 Å². The maximum atomic E-state index is 13.9. The monoisotopic (exact) mass is 508 g/mol. The van der Waals surface area contributed by atoms with Gasteiger partial charge in [0.05, 0.1) is 36.5 Å². The van der Waals surface area contributed by atoms with E-state index >= 15 is 0 Å². The maximum Gasteiger partial charge on any atom is 0.294 e. The van der Waals surface area contributed by atoms with Crippen molar-refractivity contribution in [3.63, 3.8) is 0 Å². The lowest BCUT2D eigenvalue weighted by Gasteiger charge is -2.27. The summed E-state index contributed by atoms with van der Waals surface area (Å²) in [5, 5.41) is 20.9. The summed E-state index contributed by atoms with van der Waals surface area (Å²) in [7, 11) is 1.50. The number of methoxy groups -OCH3 is 1. The Balaban J connectivity index is 1.65. The molecular weight excluding hydrogens is 484 g/mol. The predicted molar refractivity (Wildman–Crippen MR) is 140 cm³/mol. The lowest BCUT2D eigenvalue weighted by atomic mass is 9.94. The summed E-state index contributed by atoms with van der Waals surface area (Å²) in [6, 6.07) is 21.3. The standard InChI is InChI=1S/C30H24N2O6/c1-17(2)37-22-8-4-6-19(14-22)26-25(27(33)24-15-20-7-5-9-23(36-3)29(20)38-24)28(34)30(35)32(26)21-12-10-18(16-31)11-13-21/h4-15,17,26,34H,1-3H3. The minimum absolute atomic E-state index is 0.0416. The summed E-state index contributed by atoms with van der Waals surface area (Å²) in [6.07, 6.45) is -0.0966. The van der Waals surface area contributed by atoms with E-state index in [1.54, 1.807) is 72.8 Å². The fourth-order valence-electron chi connectivity index (χ4n) is 4.59. The van der Waals surface area contributed by atoms with E-state index in [1.807, 2.05) is 19.9 Å². The van der Waals surface area contributed by atoms with E-state index < -0.39 is 23.5 Å². The Morgan fingerprint density at radius 1 is 1.08 bits per heavy atom. The number of fused-ring (bicyclic) bond motifs is 1. The van der Waals surface area contributed by atoms with Gasteiger partial charge >= 0.3 is 0 Å². The molecule has 1 N–H and O–H groups in total. The summed E-state index contributed by atoms with van der Waals surface area (Å²) in [4.78, 5) is 28.7. The quantitative estimate of drug-likeness (QED) is 0.310. The van der Waals surface area contributed by atoms with Gasteiger partial charge in [-0.2, -0.15) is 5.26 Å². The number of nitriles is 1. The number of carbonyl (C=O) groups excluding carboxylic acids is 2. The molecule has 0 fully saturated rings. The molecule has 1 unspecified atom stereocenters. The van der Waals surface area contributed by atoms with E-state index in [4.69, 9.17) is 13.9 Å². The van der Waals surface area contributed by atoms with Crippen LogP contribution in [0.1, 0.15) is 41.6 Å². The number of nitrogens with zero attached hydrogens (tertiary/aromatic N) is 2. The van der Waals surface area contributed by atoms with Gasteiger partial charge in [0.2, 0.25) is 5.78 Å². The summed E-state index contributed by atoms with van der Waals surface area (Å²) in [5.41, 5.74) is 1.64. The summed E-state index contributed by atoms with van der Waals surface area (Å²) in [5.74, 6) is -1.09. The van der Waals surface area contributed by atoms with Crippen molar-refractivity contribution in [1.29, 1.82) is 5.26 Å². The number of aliphatic hydroxyl groups excluding tert-OH is 1. The molecular formula is C30H24N2O6. The van der Waals surface area contributed by atoms with Crippen LogP contribution in [0.2, 0.25) is 0 Å². The molecule has 0 saturated carbocycles. The molecule has 0 spiro atoms. The minimum atomic E-state index is -0.978. The average Bonchev–Trinajstić information content (AvgIpc) is 3.47. The van der Waals surface area contributed by atoms with Crippen LogP contribution in [0.15, 0.2) is 88.5 Å². The van der Waals surface area contributed by atoms with E-state index in [1.165, 1.54) is 12.0 Å². The Labute approximate surface area is 218 Å². The zero-order valence-corrected chi connectivity index (χ0v) is 21.0. The molecule has 1 aliphatic heterocycles. The van der Waals surface area contributed by atoms with Crippen molar-refractivity contribution in [2.45, 2.75) is 26.0 Å². The predicted octanol–water partition coefficient (Wildman–Crippen LogP) is 5.88. The van der Waals surface area contributed by atoms with Gasteiger partial charge in [-0.15, -0.1) is 0 Å². The first-order chi connectivity index (χ1) is 18.3. The van der Waals surface area contributed by atoms with Gasteiger partial charge in [0, 0.05) is 11.1 Å². The van der Waals surface area contributed by atoms with Crippen LogP contribution in [-0.4, -0.2) is 30.0 Å². The Morgan fingerprint density at radius 3 is 2.50 bits per heavy atom. The van der Waals surface area contributed by atoms with E-state index in [9.17, 15) is 20.0 Å². The van der Waals surface area contributed by atoms with Gasteiger partial charge in [0.1, 0.15) is 5.75 Å². The van der Waals surface area contributed by atoms with Gasteiger partial charge in [0.25, 0.3) is 5.91 Å². The van der Waals surface area contributed by atoms with Gasteiger partial charge < -0.3 is 19.0 Å². The average molecular weight is 509 g/mol. The molecule has 3 aromatic carbocycles. The van der Waals surface area contributed by atoms with Crippen molar-refractivity contribution in [1.82, 2.24) is 0 Å². The highest BCUT2D eigenvalue weighted by Gasteiger charge is 2.45. The third kappa shape index (κ3) is 4.24.